The molecule has 0 aliphatic carbocycles. The van der Waals surface area contributed by atoms with Gasteiger partial charge in [-0.2, -0.15) is 0 Å². The molecule has 1 fully saturated rings. The van der Waals surface area contributed by atoms with E-state index >= 15 is 0 Å². The predicted octanol–water partition coefficient (Wildman–Crippen LogP) is 3.95. The first kappa shape index (κ1) is 18.8. The van der Waals surface area contributed by atoms with Crippen LogP contribution in [-0.2, 0) is 11.3 Å². The van der Waals surface area contributed by atoms with Crippen molar-refractivity contribution in [3.63, 3.8) is 0 Å². The average Bonchev–Trinajstić information content (AvgIpc) is 2.92. The van der Waals surface area contributed by atoms with E-state index in [2.05, 4.69) is 0 Å². The molecule has 0 unspecified atom stereocenters. The highest BCUT2D eigenvalue weighted by Crippen LogP contribution is 2.39. The van der Waals surface area contributed by atoms with Crippen LogP contribution in [-0.4, -0.2) is 35.4 Å². The Hall–Kier alpha value is -2.93. The van der Waals surface area contributed by atoms with Crippen molar-refractivity contribution >= 4 is 29.0 Å². The number of carbonyl (C=O) groups excluding carboxylic acids is 2. The minimum atomic E-state index is -0.348. The Bertz CT molecular complexity index is 913. The van der Waals surface area contributed by atoms with Crippen molar-refractivity contribution < 1.29 is 24.2 Å². The minimum Gasteiger partial charge on any atom is -0.502 e. The lowest BCUT2D eigenvalue weighted by Crippen LogP contribution is -2.27. The Balaban J connectivity index is 1.89. The highest BCUT2D eigenvalue weighted by atomic mass is 32.2. The van der Waals surface area contributed by atoms with Crippen LogP contribution in [0.5, 0.6) is 17.2 Å². The zero-order chi connectivity index (χ0) is 19.6. The summed E-state index contributed by atoms with van der Waals surface area (Å²) in [4.78, 5) is 26.6. The molecule has 7 heteroatoms. The minimum absolute atomic E-state index is 0.121. The molecule has 0 atom stereocenters. The molecule has 0 radical (unpaired) electrons. The number of phenols is 1. The Morgan fingerprint density at radius 2 is 1.74 bits per heavy atom. The van der Waals surface area contributed by atoms with Crippen molar-refractivity contribution in [1.29, 1.82) is 0 Å². The molecular formula is C20H19NO5S. The molecule has 2 aromatic carbocycles. The largest absolute Gasteiger partial charge is 0.502 e. The summed E-state index contributed by atoms with van der Waals surface area (Å²) in [6, 6.07) is 10.8. The van der Waals surface area contributed by atoms with Gasteiger partial charge in [0.1, 0.15) is 0 Å². The van der Waals surface area contributed by atoms with Crippen molar-refractivity contribution in [3.05, 3.63) is 58.0 Å². The summed E-state index contributed by atoms with van der Waals surface area (Å²) in [5, 5.41) is 9.68. The first-order valence-corrected chi connectivity index (χ1v) is 9.01. The van der Waals surface area contributed by atoms with Crippen LogP contribution in [0.15, 0.2) is 41.3 Å². The van der Waals surface area contributed by atoms with Crippen LogP contribution in [0.1, 0.15) is 16.7 Å². The number of imide groups is 1. The van der Waals surface area contributed by atoms with Crippen LogP contribution in [0.2, 0.25) is 0 Å². The van der Waals surface area contributed by atoms with E-state index < -0.39 is 0 Å². The van der Waals surface area contributed by atoms with Crippen molar-refractivity contribution in [2.75, 3.05) is 14.2 Å². The van der Waals surface area contributed by atoms with Gasteiger partial charge in [0.05, 0.1) is 25.7 Å². The summed E-state index contributed by atoms with van der Waals surface area (Å²) in [7, 11) is 2.85. The van der Waals surface area contributed by atoms with Gasteiger partial charge >= 0.3 is 0 Å². The number of hydrogen-bond acceptors (Lipinski definition) is 6. The average molecular weight is 385 g/mol. The monoisotopic (exact) mass is 385 g/mol. The van der Waals surface area contributed by atoms with Crippen molar-refractivity contribution in [2.24, 2.45) is 0 Å². The molecule has 1 saturated heterocycles. The maximum Gasteiger partial charge on any atom is 0.293 e. The molecule has 6 nitrogen and oxygen atoms in total. The molecule has 0 aromatic heterocycles. The lowest BCUT2D eigenvalue weighted by atomic mass is 10.1. The van der Waals surface area contributed by atoms with Crippen LogP contribution in [0.25, 0.3) is 6.08 Å². The second-order valence-electron chi connectivity index (χ2n) is 5.97. The van der Waals surface area contributed by atoms with E-state index in [-0.39, 0.29) is 34.9 Å². The first-order valence-electron chi connectivity index (χ1n) is 8.19. The number of thioether (sulfide) groups is 1. The van der Waals surface area contributed by atoms with Crippen LogP contribution < -0.4 is 9.47 Å². The SMILES string of the molecule is COc1cc(/C=C2\SC(=O)N(Cc3ccccc3C)C2=O)cc(OC)c1O. The number of methoxy groups -OCH3 is 2. The smallest absolute Gasteiger partial charge is 0.293 e. The summed E-state index contributed by atoms with van der Waals surface area (Å²) in [6.45, 7) is 2.18. The molecule has 2 amide bonds. The fraction of sp³-hybridized carbons (Fsp3) is 0.200. The fourth-order valence-corrected chi connectivity index (χ4v) is 3.58. The summed E-state index contributed by atoms with van der Waals surface area (Å²) >= 11 is 0.887. The van der Waals surface area contributed by atoms with Gasteiger partial charge in [0, 0.05) is 0 Å². The summed E-state index contributed by atoms with van der Waals surface area (Å²) in [5.74, 6) is -0.0245. The normalized spacial score (nSPS) is 15.5. The standard InChI is InChI=1S/C20H19NO5S/c1-12-6-4-5-7-14(12)11-21-19(23)17(27-20(21)24)10-13-8-15(25-2)18(22)16(9-13)26-3/h4-10,22H,11H2,1-3H3/b17-10-. The van der Waals surface area contributed by atoms with Gasteiger partial charge in [0.15, 0.2) is 11.5 Å². The van der Waals surface area contributed by atoms with Crippen LogP contribution in [0.3, 0.4) is 0 Å². The van der Waals surface area contributed by atoms with E-state index in [1.165, 1.54) is 19.1 Å². The van der Waals surface area contributed by atoms with Crippen LogP contribution in [0, 0.1) is 6.92 Å². The number of amides is 2. The zero-order valence-electron chi connectivity index (χ0n) is 15.2. The third-order valence-electron chi connectivity index (χ3n) is 4.26. The van der Waals surface area contributed by atoms with E-state index in [4.69, 9.17) is 9.47 Å². The highest BCUT2D eigenvalue weighted by Gasteiger charge is 2.35. The predicted molar refractivity (Wildman–Crippen MR) is 104 cm³/mol. The molecule has 27 heavy (non-hydrogen) atoms. The van der Waals surface area contributed by atoms with Gasteiger partial charge in [0.25, 0.3) is 11.1 Å². The third kappa shape index (κ3) is 3.78. The second kappa shape index (κ2) is 7.75. The molecule has 1 aliphatic heterocycles. The number of nitrogens with zero attached hydrogens (tertiary/aromatic N) is 1. The van der Waals surface area contributed by atoms with E-state index in [9.17, 15) is 14.7 Å². The third-order valence-corrected chi connectivity index (χ3v) is 5.17. The Labute approximate surface area is 161 Å². The second-order valence-corrected chi connectivity index (χ2v) is 6.96. The van der Waals surface area contributed by atoms with Gasteiger partial charge in [-0.05, 0) is 53.6 Å². The lowest BCUT2D eigenvalue weighted by Gasteiger charge is -2.14. The molecule has 3 rings (SSSR count). The number of carbonyl (C=O) groups is 2. The molecular weight excluding hydrogens is 366 g/mol. The number of phenolic OH excluding ortho intramolecular Hbond substituents is 1. The van der Waals surface area contributed by atoms with Crippen LogP contribution in [0.4, 0.5) is 4.79 Å². The van der Waals surface area contributed by atoms with Gasteiger partial charge < -0.3 is 14.6 Å². The highest BCUT2D eigenvalue weighted by molar-refractivity contribution is 8.18. The fourth-order valence-electron chi connectivity index (χ4n) is 2.74. The van der Waals surface area contributed by atoms with E-state index in [1.807, 2.05) is 31.2 Å². The topological polar surface area (TPSA) is 76.1 Å². The molecule has 0 saturated carbocycles. The number of aryl methyl sites for hydroxylation is 1. The molecule has 2 aromatic rings. The Morgan fingerprint density at radius 3 is 2.33 bits per heavy atom. The molecule has 1 aliphatic rings. The van der Waals surface area contributed by atoms with Gasteiger partial charge in [-0.25, -0.2) is 0 Å². The van der Waals surface area contributed by atoms with Gasteiger partial charge in [-0.1, -0.05) is 24.3 Å². The number of aromatic hydroxyl groups is 1. The van der Waals surface area contributed by atoms with E-state index in [0.29, 0.717) is 10.5 Å². The summed E-state index contributed by atoms with van der Waals surface area (Å²) < 4.78 is 10.3. The van der Waals surface area contributed by atoms with Gasteiger partial charge in [-0.3, -0.25) is 14.5 Å². The van der Waals surface area contributed by atoms with E-state index in [1.54, 1.807) is 18.2 Å². The summed E-state index contributed by atoms with van der Waals surface area (Å²) in [6.07, 6.45) is 1.59. The molecule has 140 valence electrons. The molecule has 0 bridgehead atoms. The van der Waals surface area contributed by atoms with Crippen molar-refractivity contribution in [1.82, 2.24) is 4.90 Å². The number of benzene rings is 2. The number of hydrogen-bond donors (Lipinski definition) is 1. The maximum atomic E-state index is 12.7. The Morgan fingerprint density at radius 1 is 1.11 bits per heavy atom. The molecule has 1 N–H and O–H groups in total. The van der Waals surface area contributed by atoms with E-state index in [0.717, 1.165) is 22.9 Å². The maximum absolute atomic E-state index is 12.7. The molecule has 0 spiro atoms. The number of ether oxygens (including phenoxy) is 2. The quantitative estimate of drug-likeness (QED) is 0.786. The van der Waals surface area contributed by atoms with Crippen molar-refractivity contribution in [3.8, 4) is 17.2 Å². The zero-order valence-corrected chi connectivity index (χ0v) is 16.0. The first-order chi connectivity index (χ1) is 12.9. The molecule has 1 heterocycles. The van der Waals surface area contributed by atoms with Crippen molar-refractivity contribution in [2.45, 2.75) is 13.5 Å². The number of rotatable bonds is 5. The van der Waals surface area contributed by atoms with Crippen LogP contribution >= 0.6 is 11.8 Å². The summed E-state index contributed by atoms with van der Waals surface area (Å²) in [5.41, 5.74) is 2.53. The van der Waals surface area contributed by atoms with Gasteiger partial charge in [0.2, 0.25) is 5.75 Å². The Kier molecular flexibility index (Phi) is 5.41. The van der Waals surface area contributed by atoms with Gasteiger partial charge in [-0.15, -0.1) is 0 Å². The lowest BCUT2D eigenvalue weighted by molar-refractivity contribution is -0.123.